The van der Waals surface area contributed by atoms with E-state index < -0.39 is 0 Å². The Kier molecular flexibility index (Phi) is 1.93. The highest BCUT2D eigenvalue weighted by atomic mass is 14.4. The summed E-state index contributed by atoms with van der Waals surface area (Å²) in [6.45, 7) is 0. The molecule has 17 heavy (non-hydrogen) atoms. The molecular formula is C17H16. The number of hydrogen-bond donors (Lipinski definition) is 0. The fourth-order valence-electron chi connectivity index (χ4n) is 3.65. The van der Waals surface area contributed by atoms with Crippen LogP contribution < -0.4 is 0 Å². The predicted molar refractivity (Wildman–Crippen MR) is 71.4 cm³/mol. The van der Waals surface area contributed by atoms with Gasteiger partial charge in [0.1, 0.15) is 0 Å². The summed E-state index contributed by atoms with van der Waals surface area (Å²) in [5.74, 6) is 1.76. The van der Waals surface area contributed by atoms with Crippen molar-refractivity contribution in [2.75, 3.05) is 0 Å². The zero-order valence-corrected chi connectivity index (χ0v) is 9.89. The van der Waals surface area contributed by atoms with Gasteiger partial charge < -0.3 is 0 Å². The van der Waals surface area contributed by atoms with Crippen molar-refractivity contribution in [3.8, 4) is 0 Å². The summed E-state index contributed by atoms with van der Waals surface area (Å²) in [6.07, 6.45) is 11.4. The number of fused-ring (bicyclic) bond motifs is 5. The Labute approximate surface area is 102 Å². The van der Waals surface area contributed by atoms with Gasteiger partial charge in [-0.3, -0.25) is 0 Å². The van der Waals surface area contributed by atoms with Gasteiger partial charge in [-0.25, -0.2) is 0 Å². The Morgan fingerprint density at radius 2 is 1.53 bits per heavy atom. The molecule has 0 radical (unpaired) electrons. The van der Waals surface area contributed by atoms with E-state index in [2.05, 4.69) is 48.6 Å². The largest absolute Gasteiger partial charge is 0.0622 e. The molecule has 0 saturated heterocycles. The molecule has 4 rings (SSSR count). The van der Waals surface area contributed by atoms with Crippen molar-refractivity contribution in [1.29, 1.82) is 0 Å². The highest BCUT2D eigenvalue weighted by Crippen LogP contribution is 2.54. The van der Waals surface area contributed by atoms with Crippen LogP contribution in [0.2, 0.25) is 0 Å². The van der Waals surface area contributed by atoms with Crippen molar-refractivity contribution in [2.24, 2.45) is 11.8 Å². The standard InChI is InChI=1S/C17H16/c1-2-4-12(5-3-1)8-13-9-16-14-6-7-15(11-14)17(16)10-13/h1-5,8-10,14-15H,6-7,11H2. The van der Waals surface area contributed by atoms with E-state index in [9.17, 15) is 0 Å². The van der Waals surface area contributed by atoms with Crippen LogP contribution in [0.25, 0.3) is 6.08 Å². The lowest BCUT2D eigenvalue weighted by Gasteiger charge is -2.12. The van der Waals surface area contributed by atoms with E-state index in [-0.39, 0.29) is 0 Å². The van der Waals surface area contributed by atoms with Crippen LogP contribution in [0.5, 0.6) is 0 Å². The number of hydrogen-bond acceptors (Lipinski definition) is 0. The van der Waals surface area contributed by atoms with Crippen molar-refractivity contribution in [1.82, 2.24) is 0 Å². The molecule has 2 bridgehead atoms. The quantitative estimate of drug-likeness (QED) is 0.659. The summed E-state index contributed by atoms with van der Waals surface area (Å²) in [7, 11) is 0. The van der Waals surface area contributed by atoms with Crippen LogP contribution in [0.15, 0.2) is 59.2 Å². The maximum absolute atomic E-state index is 2.42. The van der Waals surface area contributed by atoms with Crippen LogP contribution in [0.1, 0.15) is 24.8 Å². The van der Waals surface area contributed by atoms with Gasteiger partial charge >= 0.3 is 0 Å². The third-order valence-electron chi connectivity index (χ3n) is 4.42. The molecule has 2 fully saturated rings. The van der Waals surface area contributed by atoms with Gasteiger partial charge in [0.15, 0.2) is 0 Å². The van der Waals surface area contributed by atoms with E-state index >= 15 is 0 Å². The summed E-state index contributed by atoms with van der Waals surface area (Å²) in [4.78, 5) is 0. The Morgan fingerprint density at radius 3 is 2.18 bits per heavy atom. The lowest BCUT2D eigenvalue weighted by molar-refractivity contribution is 0.658. The first-order valence-electron chi connectivity index (χ1n) is 6.60. The average molecular weight is 220 g/mol. The van der Waals surface area contributed by atoms with Crippen molar-refractivity contribution in [2.45, 2.75) is 19.3 Å². The zero-order chi connectivity index (χ0) is 11.2. The third kappa shape index (κ3) is 1.44. The Bertz CT molecular complexity index is 515. The molecule has 0 aromatic heterocycles. The van der Waals surface area contributed by atoms with Gasteiger partial charge in [0, 0.05) is 0 Å². The summed E-state index contributed by atoms with van der Waals surface area (Å²) in [5.41, 5.74) is 6.02. The first-order valence-corrected chi connectivity index (χ1v) is 6.60. The van der Waals surface area contributed by atoms with Crippen LogP contribution in [0.4, 0.5) is 0 Å². The fraction of sp³-hybridized carbons (Fsp3) is 0.294. The van der Waals surface area contributed by atoms with E-state index in [1.165, 1.54) is 30.4 Å². The van der Waals surface area contributed by atoms with E-state index in [0.717, 1.165) is 11.8 Å². The molecule has 0 amide bonds. The topological polar surface area (TPSA) is 0 Å². The van der Waals surface area contributed by atoms with Crippen LogP contribution in [-0.2, 0) is 0 Å². The molecule has 1 aromatic carbocycles. The van der Waals surface area contributed by atoms with Gasteiger partial charge in [-0.05, 0) is 59.5 Å². The third-order valence-corrected chi connectivity index (χ3v) is 4.42. The molecular weight excluding hydrogens is 204 g/mol. The van der Waals surface area contributed by atoms with Crippen molar-refractivity contribution in [3.63, 3.8) is 0 Å². The van der Waals surface area contributed by atoms with E-state index in [0.29, 0.717) is 0 Å². The van der Waals surface area contributed by atoms with Crippen molar-refractivity contribution >= 4 is 6.08 Å². The summed E-state index contributed by atoms with van der Waals surface area (Å²) in [5, 5.41) is 0. The molecule has 2 atom stereocenters. The number of allylic oxidation sites excluding steroid dienone is 5. The Hall–Kier alpha value is -1.56. The minimum atomic E-state index is 0.882. The maximum atomic E-state index is 2.42. The van der Waals surface area contributed by atoms with E-state index in [4.69, 9.17) is 0 Å². The van der Waals surface area contributed by atoms with Crippen LogP contribution in [-0.4, -0.2) is 0 Å². The molecule has 84 valence electrons. The highest BCUT2D eigenvalue weighted by Gasteiger charge is 2.40. The lowest BCUT2D eigenvalue weighted by Crippen LogP contribution is -1.99. The van der Waals surface area contributed by atoms with Crippen LogP contribution in [0, 0.1) is 11.8 Å². The van der Waals surface area contributed by atoms with Gasteiger partial charge in [-0.1, -0.05) is 42.5 Å². The average Bonchev–Trinajstić information content (AvgIpc) is 3.00. The molecule has 0 heterocycles. The molecule has 0 nitrogen and oxygen atoms in total. The van der Waals surface area contributed by atoms with E-state index in [1.54, 1.807) is 11.1 Å². The van der Waals surface area contributed by atoms with Gasteiger partial charge in [0.25, 0.3) is 0 Å². The SMILES string of the molecule is C(=C1C=C2C(=C1)C1CCC2C1)c1ccccc1. The van der Waals surface area contributed by atoms with E-state index in [1.807, 2.05) is 0 Å². The summed E-state index contributed by atoms with van der Waals surface area (Å²) < 4.78 is 0. The molecule has 3 aliphatic rings. The minimum Gasteiger partial charge on any atom is -0.0622 e. The maximum Gasteiger partial charge on any atom is -0.0153 e. The van der Waals surface area contributed by atoms with Gasteiger partial charge in [0.05, 0.1) is 0 Å². The van der Waals surface area contributed by atoms with Crippen molar-refractivity contribution < 1.29 is 0 Å². The minimum absolute atomic E-state index is 0.882. The first-order chi connectivity index (χ1) is 8.40. The monoisotopic (exact) mass is 220 g/mol. The molecule has 0 aliphatic heterocycles. The second kappa shape index (κ2) is 3.46. The Morgan fingerprint density at radius 1 is 0.882 bits per heavy atom. The highest BCUT2D eigenvalue weighted by molar-refractivity contribution is 5.67. The Balaban J connectivity index is 1.72. The zero-order valence-electron chi connectivity index (χ0n) is 9.89. The summed E-state index contributed by atoms with van der Waals surface area (Å²) in [6, 6.07) is 10.6. The molecule has 2 saturated carbocycles. The van der Waals surface area contributed by atoms with Gasteiger partial charge in [-0.15, -0.1) is 0 Å². The first kappa shape index (κ1) is 9.47. The predicted octanol–water partition coefficient (Wildman–Crippen LogP) is 4.37. The smallest absolute Gasteiger partial charge is 0.0153 e. The summed E-state index contributed by atoms with van der Waals surface area (Å²) >= 11 is 0. The molecule has 1 aromatic rings. The van der Waals surface area contributed by atoms with Gasteiger partial charge in [-0.2, -0.15) is 0 Å². The molecule has 0 heteroatoms. The van der Waals surface area contributed by atoms with Gasteiger partial charge in [0.2, 0.25) is 0 Å². The van der Waals surface area contributed by atoms with Crippen LogP contribution >= 0.6 is 0 Å². The lowest BCUT2D eigenvalue weighted by atomic mass is 9.92. The molecule has 2 unspecified atom stereocenters. The molecule has 0 spiro atoms. The second-order valence-corrected chi connectivity index (χ2v) is 5.46. The normalized spacial score (nSPS) is 29.1. The second-order valence-electron chi connectivity index (χ2n) is 5.46. The van der Waals surface area contributed by atoms with Crippen LogP contribution in [0.3, 0.4) is 0 Å². The fourth-order valence-corrected chi connectivity index (χ4v) is 3.65. The number of rotatable bonds is 1. The molecule has 3 aliphatic carbocycles. The van der Waals surface area contributed by atoms with Crippen molar-refractivity contribution in [3.05, 3.63) is 64.8 Å². The number of benzene rings is 1. The molecule has 0 N–H and O–H groups in total.